The number of halogens is 1. The standard InChI is InChI=1S/C15H30N2O4.ClH/c1-12(2)21-9-8-20-11-13(18)10-17(3)15(19)14-6-4-5-7-16-14;/h12-14,16,18H,4-11H2,1-3H3;1H. The van der Waals surface area contributed by atoms with Crippen LogP contribution in [0, 0.1) is 0 Å². The molecule has 1 amide bonds. The summed E-state index contributed by atoms with van der Waals surface area (Å²) in [5.41, 5.74) is 0. The van der Waals surface area contributed by atoms with Gasteiger partial charge in [0.1, 0.15) is 0 Å². The Morgan fingerprint density at radius 2 is 2.09 bits per heavy atom. The molecule has 2 N–H and O–H groups in total. The highest BCUT2D eigenvalue weighted by atomic mass is 35.5. The zero-order chi connectivity index (χ0) is 15.7. The lowest BCUT2D eigenvalue weighted by molar-refractivity contribution is -0.134. The molecule has 0 aromatic rings. The van der Waals surface area contributed by atoms with E-state index in [0.717, 1.165) is 25.8 Å². The van der Waals surface area contributed by atoms with Crippen LogP contribution in [0.1, 0.15) is 33.1 Å². The van der Waals surface area contributed by atoms with E-state index in [9.17, 15) is 9.90 Å². The van der Waals surface area contributed by atoms with Crippen LogP contribution in [0.25, 0.3) is 0 Å². The number of hydrogen-bond donors (Lipinski definition) is 2. The molecule has 0 saturated carbocycles. The molecular weight excluding hydrogens is 308 g/mol. The van der Waals surface area contributed by atoms with Crippen LogP contribution in [0.3, 0.4) is 0 Å². The van der Waals surface area contributed by atoms with Crippen molar-refractivity contribution in [3.63, 3.8) is 0 Å². The van der Waals surface area contributed by atoms with Crippen LogP contribution in [-0.4, -0.2) is 74.1 Å². The highest BCUT2D eigenvalue weighted by molar-refractivity contribution is 5.85. The molecule has 6 nitrogen and oxygen atoms in total. The summed E-state index contributed by atoms with van der Waals surface area (Å²) >= 11 is 0. The fourth-order valence-electron chi connectivity index (χ4n) is 2.35. The van der Waals surface area contributed by atoms with Gasteiger partial charge in [-0.05, 0) is 33.2 Å². The molecular formula is C15H31ClN2O4. The first kappa shape index (κ1) is 21.6. The number of nitrogens with one attached hydrogen (secondary N) is 1. The van der Waals surface area contributed by atoms with Crippen molar-refractivity contribution >= 4 is 18.3 Å². The van der Waals surface area contributed by atoms with Crippen molar-refractivity contribution in [3.8, 4) is 0 Å². The molecule has 132 valence electrons. The molecule has 0 aliphatic carbocycles. The molecule has 2 unspecified atom stereocenters. The highest BCUT2D eigenvalue weighted by Crippen LogP contribution is 2.09. The van der Waals surface area contributed by atoms with E-state index in [1.165, 1.54) is 0 Å². The number of carbonyl (C=O) groups is 1. The number of aliphatic hydroxyl groups is 1. The Balaban J connectivity index is 0.00000441. The lowest BCUT2D eigenvalue weighted by atomic mass is 10.0. The van der Waals surface area contributed by atoms with Crippen molar-refractivity contribution < 1.29 is 19.4 Å². The number of ether oxygens (including phenoxy) is 2. The second-order valence-electron chi connectivity index (χ2n) is 5.87. The number of piperidine rings is 1. The van der Waals surface area contributed by atoms with E-state index in [4.69, 9.17) is 9.47 Å². The monoisotopic (exact) mass is 338 g/mol. The van der Waals surface area contributed by atoms with Crippen LogP contribution in [0.15, 0.2) is 0 Å². The van der Waals surface area contributed by atoms with Gasteiger partial charge < -0.3 is 24.8 Å². The Hall–Kier alpha value is -0.400. The zero-order valence-electron chi connectivity index (χ0n) is 13.9. The summed E-state index contributed by atoms with van der Waals surface area (Å²) in [6, 6.07) is -0.101. The predicted molar refractivity (Wildman–Crippen MR) is 88.4 cm³/mol. The molecule has 1 aliphatic heterocycles. The van der Waals surface area contributed by atoms with Gasteiger partial charge in [-0.15, -0.1) is 12.4 Å². The lowest BCUT2D eigenvalue weighted by Gasteiger charge is -2.28. The Morgan fingerprint density at radius 1 is 1.36 bits per heavy atom. The van der Waals surface area contributed by atoms with Crippen LogP contribution in [-0.2, 0) is 14.3 Å². The second-order valence-corrected chi connectivity index (χ2v) is 5.87. The Morgan fingerprint density at radius 3 is 2.68 bits per heavy atom. The quantitative estimate of drug-likeness (QED) is 0.609. The molecule has 22 heavy (non-hydrogen) atoms. The molecule has 1 heterocycles. The minimum Gasteiger partial charge on any atom is -0.389 e. The normalized spacial score (nSPS) is 19.6. The number of carbonyl (C=O) groups excluding carboxylic acids is 1. The molecule has 0 spiro atoms. The number of rotatable bonds is 9. The number of hydrogen-bond acceptors (Lipinski definition) is 5. The molecule has 0 radical (unpaired) electrons. The van der Waals surface area contributed by atoms with Crippen molar-refractivity contribution in [2.24, 2.45) is 0 Å². The third kappa shape index (κ3) is 8.90. The van der Waals surface area contributed by atoms with E-state index in [2.05, 4.69) is 5.32 Å². The summed E-state index contributed by atoms with van der Waals surface area (Å²) in [6.45, 7) is 6.32. The summed E-state index contributed by atoms with van der Waals surface area (Å²) in [5, 5.41) is 13.1. The minimum atomic E-state index is -0.665. The van der Waals surface area contributed by atoms with Crippen molar-refractivity contribution in [3.05, 3.63) is 0 Å². The van der Waals surface area contributed by atoms with Crippen LogP contribution < -0.4 is 5.32 Å². The molecule has 1 fully saturated rings. The van der Waals surface area contributed by atoms with Crippen LogP contribution >= 0.6 is 12.4 Å². The Labute approximate surface area is 139 Å². The molecule has 0 bridgehead atoms. The summed E-state index contributed by atoms with van der Waals surface area (Å²) in [6.07, 6.45) is 2.61. The van der Waals surface area contributed by atoms with Crippen LogP contribution in [0.5, 0.6) is 0 Å². The third-order valence-electron chi connectivity index (χ3n) is 3.46. The maximum atomic E-state index is 12.2. The molecule has 0 aromatic heterocycles. The average Bonchev–Trinajstić information content (AvgIpc) is 2.46. The summed E-state index contributed by atoms with van der Waals surface area (Å²) < 4.78 is 10.7. The van der Waals surface area contributed by atoms with E-state index < -0.39 is 6.10 Å². The molecule has 0 aromatic carbocycles. The smallest absolute Gasteiger partial charge is 0.239 e. The lowest BCUT2D eigenvalue weighted by Crippen LogP contribution is -2.49. The minimum absolute atomic E-state index is 0. The van der Waals surface area contributed by atoms with Crippen LogP contribution in [0.2, 0.25) is 0 Å². The first-order valence-corrected chi connectivity index (χ1v) is 7.86. The predicted octanol–water partition coefficient (Wildman–Crippen LogP) is 0.811. The van der Waals surface area contributed by atoms with E-state index in [1.807, 2.05) is 13.8 Å². The molecule has 2 atom stereocenters. The number of amides is 1. The first-order chi connectivity index (χ1) is 10.0. The third-order valence-corrected chi connectivity index (χ3v) is 3.46. The number of nitrogens with zero attached hydrogens (tertiary/aromatic N) is 1. The van der Waals surface area contributed by atoms with E-state index in [-0.39, 0.29) is 37.1 Å². The van der Waals surface area contributed by atoms with Gasteiger partial charge in [-0.25, -0.2) is 0 Å². The van der Waals surface area contributed by atoms with Crippen molar-refractivity contribution in [2.45, 2.75) is 51.4 Å². The SMILES string of the molecule is CC(C)OCCOCC(O)CN(C)C(=O)C1CCCCN1.Cl. The fraction of sp³-hybridized carbons (Fsp3) is 0.933. The Bertz CT molecular complexity index is 299. The first-order valence-electron chi connectivity index (χ1n) is 7.86. The number of aliphatic hydroxyl groups excluding tert-OH is 1. The molecule has 1 saturated heterocycles. The van der Waals surface area contributed by atoms with Gasteiger partial charge in [-0.1, -0.05) is 6.42 Å². The summed E-state index contributed by atoms with van der Waals surface area (Å²) in [7, 11) is 1.73. The summed E-state index contributed by atoms with van der Waals surface area (Å²) in [5.74, 6) is 0.0527. The van der Waals surface area contributed by atoms with Gasteiger partial charge >= 0.3 is 0 Å². The largest absolute Gasteiger partial charge is 0.389 e. The second kappa shape index (κ2) is 12.1. The highest BCUT2D eigenvalue weighted by Gasteiger charge is 2.24. The zero-order valence-corrected chi connectivity index (χ0v) is 14.7. The maximum Gasteiger partial charge on any atom is 0.239 e. The molecule has 1 aliphatic rings. The van der Waals surface area contributed by atoms with Crippen molar-refractivity contribution in [2.75, 3.05) is 40.0 Å². The van der Waals surface area contributed by atoms with Gasteiger partial charge in [0, 0.05) is 13.6 Å². The summed E-state index contributed by atoms with van der Waals surface area (Å²) in [4.78, 5) is 13.8. The van der Waals surface area contributed by atoms with Gasteiger partial charge in [0.25, 0.3) is 0 Å². The fourth-order valence-corrected chi connectivity index (χ4v) is 2.35. The van der Waals surface area contributed by atoms with Crippen molar-refractivity contribution in [1.29, 1.82) is 0 Å². The average molecular weight is 339 g/mol. The topological polar surface area (TPSA) is 71.0 Å². The van der Waals surface area contributed by atoms with Gasteiger partial charge in [-0.2, -0.15) is 0 Å². The van der Waals surface area contributed by atoms with E-state index in [1.54, 1.807) is 11.9 Å². The number of likely N-dealkylation sites (N-methyl/N-ethyl adjacent to an activating group) is 1. The Kier molecular flexibility index (Phi) is 11.9. The molecule has 7 heteroatoms. The van der Waals surface area contributed by atoms with Crippen LogP contribution in [0.4, 0.5) is 0 Å². The van der Waals surface area contributed by atoms with Gasteiger partial charge in [0.05, 0.1) is 38.1 Å². The van der Waals surface area contributed by atoms with Gasteiger partial charge in [-0.3, -0.25) is 4.79 Å². The molecule has 1 rings (SSSR count). The van der Waals surface area contributed by atoms with Crippen molar-refractivity contribution in [1.82, 2.24) is 10.2 Å². The van der Waals surface area contributed by atoms with E-state index in [0.29, 0.717) is 19.8 Å². The van der Waals surface area contributed by atoms with Gasteiger partial charge in [0.2, 0.25) is 5.91 Å². The maximum absolute atomic E-state index is 12.2. The van der Waals surface area contributed by atoms with E-state index >= 15 is 0 Å². The van der Waals surface area contributed by atoms with Gasteiger partial charge in [0.15, 0.2) is 0 Å².